The van der Waals surface area contributed by atoms with Crippen molar-refractivity contribution in [3.63, 3.8) is 0 Å². The van der Waals surface area contributed by atoms with Crippen molar-refractivity contribution in [3.8, 4) is 5.75 Å². The molecule has 1 aliphatic rings. The molecule has 4 nitrogen and oxygen atoms in total. The number of thioether (sulfide) groups is 1. The average Bonchev–Trinajstić information content (AvgIpc) is 2.91. The molecule has 2 atom stereocenters. The van der Waals surface area contributed by atoms with Crippen molar-refractivity contribution in [2.24, 2.45) is 0 Å². The van der Waals surface area contributed by atoms with Crippen LogP contribution in [0.4, 0.5) is 0 Å². The number of rotatable bonds is 6. The van der Waals surface area contributed by atoms with Gasteiger partial charge in [0.2, 0.25) is 0 Å². The van der Waals surface area contributed by atoms with Crippen molar-refractivity contribution in [1.29, 1.82) is 0 Å². The van der Waals surface area contributed by atoms with Gasteiger partial charge in [0.15, 0.2) is 10.9 Å². The summed E-state index contributed by atoms with van der Waals surface area (Å²) in [6, 6.07) is 14.4. The zero-order chi connectivity index (χ0) is 17.8. The first-order valence-electron chi connectivity index (χ1n) is 7.89. The van der Waals surface area contributed by atoms with Crippen LogP contribution in [0.2, 0.25) is 5.02 Å². The smallest absolute Gasteiger partial charge is 0.197 e. The lowest BCUT2D eigenvalue weighted by Crippen LogP contribution is -2.13. The van der Waals surface area contributed by atoms with Crippen LogP contribution in [0.1, 0.15) is 23.7 Å². The van der Waals surface area contributed by atoms with E-state index in [2.05, 4.69) is 0 Å². The van der Waals surface area contributed by atoms with Crippen LogP contribution in [0.25, 0.3) is 0 Å². The largest absolute Gasteiger partial charge is 0.491 e. The maximum Gasteiger partial charge on any atom is 0.197 e. The summed E-state index contributed by atoms with van der Waals surface area (Å²) in [5, 5.41) is 10.4. The van der Waals surface area contributed by atoms with Crippen LogP contribution < -0.4 is 4.74 Å². The van der Waals surface area contributed by atoms with E-state index in [1.165, 1.54) is 0 Å². The lowest BCUT2D eigenvalue weighted by atomic mass is 10.1. The van der Waals surface area contributed by atoms with Crippen molar-refractivity contribution in [1.82, 2.24) is 0 Å². The third kappa shape index (κ3) is 4.63. The van der Waals surface area contributed by atoms with E-state index in [0.717, 1.165) is 17.3 Å². The van der Waals surface area contributed by atoms with E-state index in [1.54, 1.807) is 30.3 Å². The standard InChI is InChI=1S/C19H17ClO4S/c20-15-4-2-1-3-14(15)17(22)11-24-13-7-5-12(6-8-13)9-18-16(21)10-19(23)25-18/h1-8,17-18,22H,9-11H2. The minimum Gasteiger partial charge on any atom is -0.491 e. The molecule has 0 amide bonds. The van der Waals surface area contributed by atoms with Crippen LogP contribution in [0.5, 0.6) is 5.75 Å². The molecular formula is C19H17ClO4S. The Morgan fingerprint density at radius 2 is 1.88 bits per heavy atom. The Kier molecular flexibility index (Phi) is 5.78. The van der Waals surface area contributed by atoms with E-state index >= 15 is 0 Å². The summed E-state index contributed by atoms with van der Waals surface area (Å²) in [7, 11) is 0. The topological polar surface area (TPSA) is 63.6 Å². The van der Waals surface area contributed by atoms with E-state index in [-0.39, 0.29) is 29.2 Å². The predicted octanol–water partition coefficient (Wildman–Crippen LogP) is 3.60. The maximum atomic E-state index is 11.7. The van der Waals surface area contributed by atoms with E-state index in [9.17, 15) is 14.7 Å². The highest BCUT2D eigenvalue weighted by Gasteiger charge is 2.31. The van der Waals surface area contributed by atoms with Gasteiger partial charge in [0.1, 0.15) is 18.5 Å². The average molecular weight is 377 g/mol. The number of benzene rings is 2. The van der Waals surface area contributed by atoms with Crippen LogP contribution >= 0.6 is 23.4 Å². The monoisotopic (exact) mass is 376 g/mol. The first-order valence-corrected chi connectivity index (χ1v) is 9.15. The number of aliphatic hydroxyl groups excluding tert-OH is 1. The number of carbonyl (C=O) groups is 2. The van der Waals surface area contributed by atoms with Gasteiger partial charge in [-0.1, -0.05) is 53.7 Å². The number of hydrogen-bond acceptors (Lipinski definition) is 5. The predicted molar refractivity (Wildman–Crippen MR) is 98.1 cm³/mol. The summed E-state index contributed by atoms with van der Waals surface area (Å²) >= 11 is 7.18. The summed E-state index contributed by atoms with van der Waals surface area (Å²) in [6.45, 7) is 0.0918. The van der Waals surface area contributed by atoms with Crippen LogP contribution in [-0.4, -0.2) is 27.9 Å². The zero-order valence-electron chi connectivity index (χ0n) is 13.4. The second-order valence-corrected chi connectivity index (χ2v) is 7.49. The molecule has 6 heteroatoms. The Hall–Kier alpha value is -1.82. The third-order valence-corrected chi connectivity index (χ3v) is 5.43. The lowest BCUT2D eigenvalue weighted by Gasteiger charge is -2.14. The summed E-state index contributed by atoms with van der Waals surface area (Å²) in [5.74, 6) is 0.620. The van der Waals surface area contributed by atoms with Crippen molar-refractivity contribution < 1.29 is 19.4 Å². The van der Waals surface area contributed by atoms with Crippen LogP contribution in [0.15, 0.2) is 48.5 Å². The van der Waals surface area contributed by atoms with Crippen LogP contribution in [0, 0.1) is 0 Å². The van der Waals surface area contributed by atoms with E-state index in [1.807, 2.05) is 18.2 Å². The Morgan fingerprint density at radius 1 is 1.16 bits per heavy atom. The number of aliphatic hydroxyl groups is 1. The van der Waals surface area contributed by atoms with Gasteiger partial charge in [-0.05, 0) is 30.2 Å². The molecule has 0 aromatic heterocycles. The Balaban J connectivity index is 1.55. The fourth-order valence-corrected chi connectivity index (χ4v) is 3.92. The molecule has 0 bridgehead atoms. The van der Waals surface area contributed by atoms with E-state index < -0.39 is 6.10 Å². The maximum absolute atomic E-state index is 11.7. The van der Waals surface area contributed by atoms with E-state index in [4.69, 9.17) is 16.3 Å². The molecule has 0 aliphatic carbocycles. The Labute approximate surface area is 155 Å². The van der Waals surface area contributed by atoms with Gasteiger partial charge in [-0.2, -0.15) is 0 Å². The number of hydrogen-bond donors (Lipinski definition) is 1. The summed E-state index contributed by atoms with van der Waals surface area (Å²) in [6.07, 6.45) is -0.235. The van der Waals surface area contributed by atoms with Gasteiger partial charge in [0.25, 0.3) is 0 Å². The molecule has 1 N–H and O–H groups in total. The number of carbonyl (C=O) groups excluding carboxylic acids is 2. The molecule has 3 rings (SSSR count). The van der Waals surface area contributed by atoms with Crippen molar-refractivity contribution in [2.75, 3.05) is 6.61 Å². The molecule has 0 spiro atoms. The van der Waals surface area contributed by atoms with Crippen molar-refractivity contribution in [3.05, 3.63) is 64.7 Å². The number of ketones is 1. The van der Waals surface area contributed by atoms with Crippen molar-refractivity contribution in [2.45, 2.75) is 24.2 Å². The molecular weight excluding hydrogens is 360 g/mol. The highest BCUT2D eigenvalue weighted by molar-refractivity contribution is 8.15. The summed E-state index contributed by atoms with van der Waals surface area (Å²) in [5.41, 5.74) is 1.60. The quantitative estimate of drug-likeness (QED) is 0.780. The second-order valence-electron chi connectivity index (χ2n) is 5.82. The molecule has 2 unspecified atom stereocenters. The van der Waals surface area contributed by atoms with Gasteiger partial charge in [-0.25, -0.2) is 0 Å². The fourth-order valence-electron chi connectivity index (χ4n) is 2.62. The van der Waals surface area contributed by atoms with Gasteiger partial charge < -0.3 is 9.84 Å². The van der Waals surface area contributed by atoms with Gasteiger partial charge in [0.05, 0.1) is 11.7 Å². The normalized spacial score (nSPS) is 18.4. The molecule has 0 radical (unpaired) electrons. The molecule has 130 valence electrons. The third-order valence-electron chi connectivity index (χ3n) is 3.97. The molecule has 1 heterocycles. The minimum absolute atomic E-state index is 0.00168. The zero-order valence-corrected chi connectivity index (χ0v) is 14.9. The van der Waals surface area contributed by atoms with Gasteiger partial charge in [0, 0.05) is 10.6 Å². The Bertz CT molecular complexity index is 775. The number of ether oxygens (including phenoxy) is 1. The lowest BCUT2D eigenvalue weighted by molar-refractivity contribution is -0.121. The minimum atomic E-state index is -0.813. The van der Waals surface area contributed by atoms with Gasteiger partial charge in [-0.15, -0.1) is 0 Å². The molecule has 1 fully saturated rings. The van der Waals surface area contributed by atoms with Crippen LogP contribution in [-0.2, 0) is 16.0 Å². The number of Topliss-reactive ketones (excluding diaryl/α,β-unsaturated/α-hetero) is 1. The first-order chi connectivity index (χ1) is 12.0. The second kappa shape index (κ2) is 8.04. The SMILES string of the molecule is O=C1CC(=O)C(Cc2ccc(OCC(O)c3ccccc3Cl)cc2)S1. The summed E-state index contributed by atoms with van der Waals surface area (Å²) < 4.78 is 5.61. The fraction of sp³-hybridized carbons (Fsp3) is 0.263. The summed E-state index contributed by atoms with van der Waals surface area (Å²) in [4.78, 5) is 23.0. The highest BCUT2D eigenvalue weighted by atomic mass is 35.5. The van der Waals surface area contributed by atoms with Crippen molar-refractivity contribution >= 4 is 34.3 Å². The van der Waals surface area contributed by atoms with Gasteiger partial charge >= 0.3 is 0 Å². The Morgan fingerprint density at radius 3 is 2.52 bits per heavy atom. The first kappa shape index (κ1) is 18.0. The van der Waals surface area contributed by atoms with Gasteiger partial charge in [-0.3, -0.25) is 9.59 Å². The molecule has 1 saturated heterocycles. The van der Waals surface area contributed by atoms with E-state index in [0.29, 0.717) is 22.8 Å². The highest BCUT2D eigenvalue weighted by Crippen LogP contribution is 2.28. The molecule has 0 saturated carbocycles. The molecule has 1 aliphatic heterocycles. The molecule has 2 aromatic carbocycles. The number of halogens is 1. The molecule has 2 aromatic rings. The van der Waals surface area contributed by atoms with Crippen LogP contribution in [0.3, 0.4) is 0 Å². The molecule has 25 heavy (non-hydrogen) atoms.